The Balaban J connectivity index is 2.33. The van der Waals surface area contributed by atoms with E-state index < -0.39 is 0 Å². The monoisotopic (exact) mass is 297 g/mol. The Morgan fingerprint density at radius 3 is 2.88 bits per heavy atom. The second kappa shape index (κ2) is 4.85. The Morgan fingerprint density at radius 2 is 2.24 bits per heavy atom. The Labute approximate surface area is 107 Å². The quantitative estimate of drug-likeness (QED) is 0.882. The third kappa shape index (κ3) is 2.48. The summed E-state index contributed by atoms with van der Waals surface area (Å²) >= 11 is 3.35. The van der Waals surface area contributed by atoms with E-state index in [9.17, 15) is 0 Å². The number of benzene rings is 1. The molecule has 0 spiro atoms. The molecule has 0 bridgehead atoms. The Kier molecular flexibility index (Phi) is 3.44. The molecule has 2 N–H and O–H groups in total. The van der Waals surface area contributed by atoms with Gasteiger partial charge in [0.15, 0.2) is 0 Å². The van der Waals surface area contributed by atoms with Crippen molar-refractivity contribution in [2.75, 3.05) is 12.8 Å². The van der Waals surface area contributed by atoms with Gasteiger partial charge in [-0.2, -0.15) is 4.98 Å². The predicted octanol–water partition coefficient (Wildman–Crippen LogP) is 2.79. The van der Waals surface area contributed by atoms with Crippen LogP contribution in [0.4, 0.5) is 5.69 Å². The van der Waals surface area contributed by atoms with E-state index >= 15 is 0 Å². The van der Waals surface area contributed by atoms with Crippen LogP contribution in [0.5, 0.6) is 0 Å². The first-order chi connectivity index (χ1) is 8.11. The van der Waals surface area contributed by atoms with Gasteiger partial charge < -0.3 is 15.0 Å². The van der Waals surface area contributed by atoms with Gasteiger partial charge in [0.1, 0.15) is 6.10 Å². The first-order valence-electron chi connectivity index (χ1n) is 5.03. The lowest BCUT2D eigenvalue weighted by Crippen LogP contribution is -1.97. The molecule has 0 fully saturated rings. The van der Waals surface area contributed by atoms with Crippen molar-refractivity contribution < 1.29 is 9.26 Å². The molecule has 0 aliphatic rings. The number of nitrogen functional groups attached to an aromatic ring is 1. The number of halogens is 1. The molecule has 5 nitrogen and oxygen atoms in total. The zero-order valence-corrected chi connectivity index (χ0v) is 11.1. The van der Waals surface area contributed by atoms with E-state index in [0.29, 0.717) is 17.4 Å². The van der Waals surface area contributed by atoms with Crippen LogP contribution in [-0.4, -0.2) is 17.3 Å². The van der Waals surface area contributed by atoms with Gasteiger partial charge in [0, 0.05) is 22.8 Å². The molecule has 0 aliphatic heterocycles. The SMILES string of the molecule is COC(C)c1noc(-c2ccc(N)c(Br)c2)n1. The van der Waals surface area contributed by atoms with Crippen LogP contribution in [0.2, 0.25) is 0 Å². The molecule has 1 atom stereocenters. The smallest absolute Gasteiger partial charge is 0.258 e. The average molecular weight is 298 g/mol. The highest BCUT2D eigenvalue weighted by Gasteiger charge is 2.14. The van der Waals surface area contributed by atoms with Gasteiger partial charge in [0.25, 0.3) is 5.89 Å². The Morgan fingerprint density at radius 1 is 1.47 bits per heavy atom. The van der Waals surface area contributed by atoms with Crippen molar-refractivity contribution in [1.82, 2.24) is 10.1 Å². The van der Waals surface area contributed by atoms with Crippen molar-refractivity contribution in [2.24, 2.45) is 0 Å². The lowest BCUT2D eigenvalue weighted by molar-refractivity contribution is 0.109. The van der Waals surface area contributed by atoms with E-state index in [1.807, 2.05) is 19.1 Å². The number of hydrogen-bond donors (Lipinski definition) is 1. The van der Waals surface area contributed by atoms with Gasteiger partial charge in [-0.25, -0.2) is 0 Å². The molecule has 2 aromatic rings. The minimum Gasteiger partial charge on any atom is -0.398 e. The fraction of sp³-hybridized carbons (Fsp3) is 0.273. The van der Waals surface area contributed by atoms with Crippen molar-refractivity contribution in [3.8, 4) is 11.5 Å². The van der Waals surface area contributed by atoms with E-state index in [1.54, 1.807) is 13.2 Å². The maximum Gasteiger partial charge on any atom is 0.258 e. The highest BCUT2D eigenvalue weighted by atomic mass is 79.9. The van der Waals surface area contributed by atoms with Crippen molar-refractivity contribution in [1.29, 1.82) is 0 Å². The molecular weight excluding hydrogens is 286 g/mol. The van der Waals surface area contributed by atoms with Crippen molar-refractivity contribution in [2.45, 2.75) is 13.0 Å². The standard InChI is InChI=1S/C11H12BrN3O2/c1-6(16-2)10-14-11(17-15-10)7-3-4-9(13)8(12)5-7/h3-6H,13H2,1-2H3. The van der Waals surface area contributed by atoms with Crippen LogP contribution < -0.4 is 5.73 Å². The minimum absolute atomic E-state index is 0.190. The molecule has 2 rings (SSSR count). The van der Waals surface area contributed by atoms with Gasteiger partial charge in [-0.3, -0.25) is 0 Å². The average Bonchev–Trinajstić information content (AvgIpc) is 2.81. The van der Waals surface area contributed by atoms with Crippen LogP contribution in [0.25, 0.3) is 11.5 Å². The van der Waals surface area contributed by atoms with Crippen LogP contribution >= 0.6 is 15.9 Å². The normalized spacial score (nSPS) is 12.6. The maximum absolute atomic E-state index is 5.71. The molecular formula is C11H12BrN3O2. The molecule has 1 aromatic heterocycles. The Bertz CT molecular complexity index is 527. The largest absolute Gasteiger partial charge is 0.398 e. The molecule has 0 saturated carbocycles. The van der Waals surface area contributed by atoms with Gasteiger partial charge in [-0.05, 0) is 41.1 Å². The number of hydrogen-bond acceptors (Lipinski definition) is 5. The number of rotatable bonds is 3. The summed E-state index contributed by atoms with van der Waals surface area (Å²) in [4.78, 5) is 4.26. The third-order valence-electron chi connectivity index (χ3n) is 2.41. The summed E-state index contributed by atoms with van der Waals surface area (Å²) in [6.45, 7) is 1.85. The lowest BCUT2D eigenvalue weighted by atomic mass is 10.2. The van der Waals surface area contributed by atoms with Crippen LogP contribution in [0.1, 0.15) is 18.9 Å². The van der Waals surface area contributed by atoms with Gasteiger partial charge in [-0.1, -0.05) is 5.16 Å². The molecule has 0 amide bonds. The summed E-state index contributed by atoms with van der Waals surface area (Å²) in [6.07, 6.45) is -0.190. The van der Waals surface area contributed by atoms with Crippen LogP contribution in [0.15, 0.2) is 27.2 Å². The summed E-state index contributed by atoms with van der Waals surface area (Å²) < 4.78 is 11.1. The van der Waals surface area contributed by atoms with E-state index in [1.165, 1.54) is 0 Å². The molecule has 0 saturated heterocycles. The molecule has 0 radical (unpaired) electrons. The zero-order valence-electron chi connectivity index (χ0n) is 9.48. The number of aromatic nitrogens is 2. The van der Waals surface area contributed by atoms with Crippen molar-refractivity contribution >= 4 is 21.6 Å². The van der Waals surface area contributed by atoms with Crippen LogP contribution in [-0.2, 0) is 4.74 Å². The fourth-order valence-electron chi connectivity index (χ4n) is 1.28. The third-order valence-corrected chi connectivity index (χ3v) is 3.09. The van der Waals surface area contributed by atoms with Gasteiger partial charge in [0.05, 0.1) is 0 Å². The van der Waals surface area contributed by atoms with Gasteiger partial charge >= 0.3 is 0 Å². The molecule has 1 unspecified atom stereocenters. The van der Waals surface area contributed by atoms with Gasteiger partial charge in [-0.15, -0.1) is 0 Å². The Hall–Kier alpha value is -1.40. The molecule has 1 aromatic carbocycles. The second-order valence-electron chi connectivity index (χ2n) is 3.57. The minimum atomic E-state index is -0.190. The first kappa shape index (κ1) is 12.1. The summed E-state index contributed by atoms with van der Waals surface area (Å²) in [5.41, 5.74) is 7.19. The van der Waals surface area contributed by atoms with E-state index in [0.717, 1.165) is 10.0 Å². The number of nitrogens with two attached hydrogens (primary N) is 1. The van der Waals surface area contributed by atoms with Crippen molar-refractivity contribution in [3.63, 3.8) is 0 Å². The zero-order chi connectivity index (χ0) is 12.4. The number of ether oxygens (including phenoxy) is 1. The first-order valence-corrected chi connectivity index (χ1v) is 5.83. The summed E-state index contributed by atoms with van der Waals surface area (Å²) in [5.74, 6) is 0.972. The molecule has 0 aliphatic carbocycles. The molecule has 1 heterocycles. The van der Waals surface area contributed by atoms with E-state index in [2.05, 4.69) is 26.1 Å². The summed E-state index contributed by atoms with van der Waals surface area (Å²) in [7, 11) is 1.60. The number of nitrogens with zero attached hydrogens (tertiary/aromatic N) is 2. The molecule has 90 valence electrons. The fourth-order valence-corrected chi connectivity index (χ4v) is 1.66. The van der Waals surface area contributed by atoms with E-state index in [4.69, 9.17) is 15.0 Å². The van der Waals surface area contributed by atoms with Gasteiger partial charge in [0.2, 0.25) is 5.82 Å². The highest BCUT2D eigenvalue weighted by Crippen LogP contribution is 2.27. The summed E-state index contributed by atoms with van der Waals surface area (Å²) in [5, 5.41) is 3.86. The summed E-state index contributed by atoms with van der Waals surface area (Å²) in [6, 6.07) is 5.45. The van der Waals surface area contributed by atoms with Crippen molar-refractivity contribution in [3.05, 3.63) is 28.5 Å². The molecule has 6 heteroatoms. The maximum atomic E-state index is 5.71. The van der Waals surface area contributed by atoms with Crippen LogP contribution in [0.3, 0.4) is 0 Å². The number of methoxy groups -OCH3 is 1. The molecule has 17 heavy (non-hydrogen) atoms. The second-order valence-corrected chi connectivity index (χ2v) is 4.43. The van der Waals surface area contributed by atoms with Crippen LogP contribution in [0, 0.1) is 0 Å². The number of anilines is 1. The predicted molar refractivity (Wildman–Crippen MR) is 67.3 cm³/mol. The lowest BCUT2D eigenvalue weighted by Gasteiger charge is -2.01. The van der Waals surface area contributed by atoms with E-state index in [-0.39, 0.29) is 6.10 Å². The topological polar surface area (TPSA) is 74.2 Å². The highest BCUT2D eigenvalue weighted by molar-refractivity contribution is 9.10.